The van der Waals surface area contributed by atoms with Gasteiger partial charge in [-0.05, 0) is 31.0 Å². The second kappa shape index (κ2) is 6.80. The first-order valence-corrected chi connectivity index (χ1v) is 7.40. The molecule has 1 aromatic rings. The van der Waals surface area contributed by atoms with Gasteiger partial charge < -0.3 is 11.1 Å². The van der Waals surface area contributed by atoms with E-state index in [-0.39, 0.29) is 11.8 Å². The Hall–Kier alpha value is -1.22. The van der Waals surface area contributed by atoms with Gasteiger partial charge >= 0.3 is 0 Å². The lowest BCUT2D eigenvalue weighted by atomic mass is 9.90. The summed E-state index contributed by atoms with van der Waals surface area (Å²) in [5.41, 5.74) is 7.03. The first-order valence-electron chi connectivity index (χ1n) is 7.02. The van der Waals surface area contributed by atoms with E-state index >= 15 is 0 Å². The minimum Gasteiger partial charge on any atom is -0.397 e. The van der Waals surface area contributed by atoms with Crippen LogP contribution in [0.2, 0.25) is 5.02 Å². The lowest BCUT2D eigenvalue weighted by Crippen LogP contribution is -2.24. The number of nitrogen functional groups attached to an aromatic ring is 1. The van der Waals surface area contributed by atoms with Crippen molar-refractivity contribution in [1.82, 2.24) is 0 Å². The van der Waals surface area contributed by atoms with Crippen LogP contribution in [0.1, 0.15) is 44.9 Å². The number of hydrogen-bond donors (Lipinski definition) is 2. The number of benzene rings is 1. The Labute approximate surface area is 119 Å². The van der Waals surface area contributed by atoms with Gasteiger partial charge in [0.1, 0.15) is 0 Å². The SMILES string of the molecule is Nc1ccc(Cl)cc1NC(=O)C1CCCCCCC1. The molecule has 1 aliphatic rings. The highest BCUT2D eigenvalue weighted by atomic mass is 35.5. The Morgan fingerprint density at radius 3 is 2.47 bits per heavy atom. The molecule has 0 spiro atoms. The van der Waals surface area contributed by atoms with E-state index in [4.69, 9.17) is 17.3 Å². The monoisotopic (exact) mass is 280 g/mol. The lowest BCUT2D eigenvalue weighted by molar-refractivity contribution is -0.120. The summed E-state index contributed by atoms with van der Waals surface area (Å²) in [5, 5.41) is 3.51. The number of nitrogens with one attached hydrogen (secondary N) is 1. The van der Waals surface area contributed by atoms with Gasteiger partial charge in [-0.1, -0.05) is 43.7 Å². The van der Waals surface area contributed by atoms with Crippen molar-refractivity contribution in [2.45, 2.75) is 44.9 Å². The second-order valence-corrected chi connectivity index (χ2v) is 5.70. The van der Waals surface area contributed by atoms with E-state index in [9.17, 15) is 4.79 Å². The zero-order valence-electron chi connectivity index (χ0n) is 11.1. The van der Waals surface area contributed by atoms with Crippen LogP contribution in [0.5, 0.6) is 0 Å². The third-order valence-electron chi connectivity index (χ3n) is 3.75. The summed E-state index contributed by atoms with van der Waals surface area (Å²) in [5.74, 6) is 0.189. The van der Waals surface area contributed by atoms with Crippen LogP contribution in [-0.4, -0.2) is 5.91 Å². The third kappa shape index (κ3) is 4.13. The molecule has 19 heavy (non-hydrogen) atoms. The predicted molar refractivity (Wildman–Crippen MR) is 80.3 cm³/mol. The molecule has 3 nitrogen and oxygen atoms in total. The molecule has 0 radical (unpaired) electrons. The summed E-state index contributed by atoms with van der Waals surface area (Å²) in [7, 11) is 0. The molecular formula is C15H21ClN2O. The molecule has 0 aromatic heterocycles. The van der Waals surface area contributed by atoms with Crippen molar-refractivity contribution in [3.05, 3.63) is 23.2 Å². The number of carbonyl (C=O) groups excluding carboxylic acids is 1. The van der Waals surface area contributed by atoms with Gasteiger partial charge in [-0.25, -0.2) is 0 Å². The highest BCUT2D eigenvalue weighted by Gasteiger charge is 2.20. The molecule has 1 fully saturated rings. The molecule has 1 saturated carbocycles. The van der Waals surface area contributed by atoms with Gasteiger partial charge in [-0.15, -0.1) is 0 Å². The molecule has 1 aromatic carbocycles. The van der Waals surface area contributed by atoms with E-state index in [1.165, 1.54) is 19.3 Å². The highest BCUT2D eigenvalue weighted by molar-refractivity contribution is 6.31. The van der Waals surface area contributed by atoms with Crippen molar-refractivity contribution in [3.8, 4) is 0 Å². The number of halogens is 1. The quantitative estimate of drug-likeness (QED) is 0.797. The molecule has 0 saturated heterocycles. The van der Waals surface area contributed by atoms with Crippen LogP contribution in [0.25, 0.3) is 0 Å². The molecule has 4 heteroatoms. The molecule has 2 rings (SSSR count). The second-order valence-electron chi connectivity index (χ2n) is 5.26. The third-order valence-corrected chi connectivity index (χ3v) is 3.98. The normalized spacial score (nSPS) is 17.5. The smallest absolute Gasteiger partial charge is 0.227 e. The number of hydrogen-bond acceptors (Lipinski definition) is 2. The minimum atomic E-state index is 0.0795. The molecule has 0 aliphatic heterocycles. The minimum absolute atomic E-state index is 0.0795. The first kappa shape index (κ1) is 14.2. The Kier molecular flexibility index (Phi) is 5.08. The zero-order valence-corrected chi connectivity index (χ0v) is 11.9. The van der Waals surface area contributed by atoms with E-state index in [1.54, 1.807) is 18.2 Å². The maximum absolute atomic E-state index is 12.3. The fourth-order valence-electron chi connectivity index (χ4n) is 2.59. The van der Waals surface area contributed by atoms with Gasteiger partial charge in [0.2, 0.25) is 5.91 Å². The molecule has 0 unspecified atom stereocenters. The van der Waals surface area contributed by atoms with Crippen molar-refractivity contribution >= 4 is 28.9 Å². The van der Waals surface area contributed by atoms with Gasteiger partial charge in [0.25, 0.3) is 0 Å². The largest absolute Gasteiger partial charge is 0.397 e. The van der Waals surface area contributed by atoms with E-state index < -0.39 is 0 Å². The average Bonchev–Trinajstić information content (AvgIpc) is 2.33. The van der Waals surface area contributed by atoms with Gasteiger partial charge in [-0.3, -0.25) is 4.79 Å². The van der Waals surface area contributed by atoms with E-state index in [0.717, 1.165) is 25.7 Å². The molecule has 3 N–H and O–H groups in total. The van der Waals surface area contributed by atoms with Crippen LogP contribution in [0.15, 0.2) is 18.2 Å². The first-order chi connectivity index (χ1) is 9.16. The molecule has 1 amide bonds. The number of rotatable bonds is 2. The number of nitrogens with two attached hydrogens (primary N) is 1. The van der Waals surface area contributed by atoms with E-state index in [0.29, 0.717) is 16.4 Å². The highest BCUT2D eigenvalue weighted by Crippen LogP contribution is 2.27. The summed E-state index contributed by atoms with van der Waals surface area (Å²) in [6, 6.07) is 5.15. The van der Waals surface area contributed by atoms with Crippen molar-refractivity contribution in [2.75, 3.05) is 11.1 Å². The lowest BCUT2D eigenvalue weighted by Gasteiger charge is -2.19. The summed E-state index contributed by atoms with van der Waals surface area (Å²) in [6.07, 6.45) is 8.02. The van der Waals surface area contributed by atoms with E-state index in [1.807, 2.05) is 0 Å². The summed E-state index contributed by atoms with van der Waals surface area (Å²) in [4.78, 5) is 12.3. The average molecular weight is 281 g/mol. The summed E-state index contributed by atoms with van der Waals surface area (Å²) in [6.45, 7) is 0. The zero-order chi connectivity index (χ0) is 13.7. The molecule has 0 atom stereocenters. The Morgan fingerprint density at radius 1 is 1.16 bits per heavy atom. The maximum Gasteiger partial charge on any atom is 0.227 e. The fraction of sp³-hybridized carbons (Fsp3) is 0.533. The molecular weight excluding hydrogens is 260 g/mol. The number of amides is 1. The Morgan fingerprint density at radius 2 is 1.79 bits per heavy atom. The number of carbonyl (C=O) groups is 1. The van der Waals surface area contributed by atoms with Crippen molar-refractivity contribution in [3.63, 3.8) is 0 Å². The standard InChI is InChI=1S/C15H21ClN2O/c16-12-8-9-13(17)14(10-12)18-15(19)11-6-4-2-1-3-5-7-11/h8-11H,1-7,17H2,(H,18,19). The molecule has 0 heterocycles. The van der Waals surface area contributed by atoms with Gasteiger partial charge in [-0.2, -0.15) is 0 Å². The fourth-order valence-corrected chi connectivity index (χ4v) is 2.76. The maximum atomic E-state index is 12.3. The summed E-state index contributed by atoms with van der Waals surface area (Å²) >= 11 is 5.93. The van der Waals surface area contributed by atoms with Crippen LogP contribution in [-0.2, 0) is 4.79 Å². The van der Waals surface area contributed by atoms with Gasteiger partial charge in [0, 0.05) is 10.9 Å². The summed E-state index contributed by atoms with van der Waals surface area (Å²) < 4.78 is 0. The van der Waals surface area contributed by atoms with Crippen LogP contribution in [0.4, 0.5) is 11.4 Å². The predicted octanol–water partition coefficient (Wildman–Crippen LogP) is 4.22. The molecule has 0 bridgehead atoms. The van der Waals surface area contributed by atoms with Crippen molar-refractivity contribution < 1.29 is 4.79 Å². The van der Waals surface area contributed by atoms with Crippen LogP contribution < -0.4 is 11.1 Å². The van der Waals surface area contributed by atoms with Gasteiger partial charge in [0.05, 0.1) is 11.4 Å². The van der Waals surface area contributed by atoms with Crippen LogP contribution in [0.3, 0.4) is 0 Å². The van der Waals surface area contributed by atoms with E-state index in [2.05, 4.69) is 5.32 Å². The van der Waals surface area contributed by atoms with Crippen molar-refractivity contribution in [2.24, 2.45) is 5.92 Å². The van der Waals surface area contributed by atoms with Crippen molar-refractivity contribution in [1.29, 1.82) is 0 Å². The molecule has 1 aliphatic carbocycles. The number of anilines is 2. The Balaban J connectivity index is 2.00. The Bertz CT molecular complexity index is 440. The van der Waals surface area contributed by atoms with Crippen LogP contribution >= 0.6 is 11.6 Å². The molecule has 104 valence electrons. The topological polar surface area (TPSA) is 55.1 Å². The van der Waals surface area contributed by atoms with Gasteiger partial charge in [0.15, 0.2) is 0 Å². The van der Waals surface area contributed by atoms with Crippen LogP contribution in [0, 0.1) is 5.92 Å².